The minimum absolute atomic E-state index is 0.121. The van der Waals surface area contributed by atoms with E-state index in [1.54, 1.807) is 12.1 Å². The second-order valence-electron chi connectivity index (χ2n) is 3.48. The third kappa shape index (κ3) is 3.05. The Kier molecular flexibility index (Phi) is 3.93. The minimum atomic E-state index is -0.367. The van der Waals surface area contributed by atoms with Crippen LogP contribution >= 0.6 is 27.3 Å². The fourth-order valence-electron chi connectivity index (χ4n) is 1.32. The molecule has 0 saturated carbocycles. The maximum atomic E-state index is 13.5. The number of amides is 1. The van der Waals surface area contributed by atoms with Crippen molar-refractivity contribution in [3.8, 4) is 0 Å². The molecule has 3 N–H and O–H groups in total. The van der Waals surface area contributed by atoms with Crippen molar-refractivity contribution in [3.63, 3.8) is 0 Å². The van der Waals surface area contributed by atoms with Gasteiger partial charge in [-0.1, -0.05) is 33.3 Å². The van der Waals surface area contributed by atoms with Gasteiger partial charge in [0, 0.05) is 16.6 Å². The van der Waals surface area contributed by atoms with Crippen molar-refractivity contribution < 1.29 is 9.18 Å². The van der Waals surface area contributed by atoms with Crippen LogP contribution < -0.4 is 11.1 Å². The van der Waals surface area contributed by atoms with Crippen LogP contribution in [0.15, 0.2) is 28.9 Å². The second kappa shape index (κ2) is 5.45. The van der Waals surface area contributed by atoms with Crippen molar-refractivity contribution in [2.45, 2.75) is 6.54 Å². The average Bonchev–Trinajstić information content (AvgIpc) is 2.74. The van der Waals surface area contributed by atoms with Crippen LogP contribution in [0, 0.1) is 5.82 Å². The number of carbonyl (C=O) groups excluding carboxylic acids is 1. The van der Waals surface area contributed by atoms with Crippen LogP contribution in [-0.2, 0) is 6.54 Å². The topological polar surface area (TPSA) is 68.0 Å². The van der Waals surface area contributed by atoms with Gasteiger partial charge in [0.05, 0.1) is 6.20 Å². The molecule has 0 aliphatic heterocycles. The summed E-state index contributed by atoms with van der Waals surface area (Å²) in [5.74, 6) is -0.681. The molecule has 0 spiro atoms. The summed E-state index contributed by atoms with van der Waals surface area (Å²) >= 11 is 4.26. The van der Waals surface area contributed by atoms with Crippen LogP contribution in [0.3, 0.4) is 0 Å². The maximum absolute atomic E-state index is 13.5. The monoisotopic (exact) mass is 329 g/mol. The Morgan fingerprint density at radius 3 is 2.94 bits per heavy atom. The summed E-state index contributed by atoms with van der Waals surface area (Å²) in [7, 11) is 0. The van der Waals surface area contributed by atoms with Gasteiger partial charge in [-0.15, -0.1) is 0 Å². The maximum Gasteiger partial charge on any atom is 0.263 e. The normalized spacial score (nSPS) is 10.3. The third-order valence-electron chi connectivity index (χ3n) is 2.20. The molecule has 7 heteroatoms. The molecule has 4 nitrogen and oxygen atoms in total. The van der Waals surface area contributed by atoms with Crippen LogP contribution in [0.25, 0.3) is 0 Å². The Labute approximate surface area is 115 Å². The molecular weight excluding hydrogens is 321 g/mol. The summed E-state index contributed by atoms with van der Waals surface area (Å²) in [6, 6.07) is 4.68. The molecule has 0 aliphatic rings. The average molecular weight is 330 g/mol. The van der Waals surface area contributed by atoms with E-state index in [9.17, 15) is 9.18 Å². The fraction of sp³-hybridized carbons (Fsp3) is 0.0909. The van der Waals surface area contributed by atoms with E-state index in [0.717, 1.165) is 11.3 Å². The minimum Gasteiger partial charge on any atom is -0.375 e. The molecule has 1 heterocycles. The number of thiazole rings is 1. The summed E-state index contributed by atoms with van der Waals surface area (Å²) in [6.07, 6.45) is 1.40. The quantitative estimate of drug-likeness (QED) is 0.909. The van der Waals surface area contributed by atoms with Crippen molar-refractivity contribution in [2.75, 3.05) is 5.73 Å². The Balaban J connectivity index is 2.01. The summed E-state index contributed by atoms with van der Waals surface area (Å²) in [4.78, 5) is 15.9. The smallest absolute Gasteiger partial charge is 0.263 e. The molecule has 2 rings (SSSR count). The first kappa shape index (κ1) is 13.0. The van der Waals surface area contributed by atoms with E-state index in [1.807, 2.05) is 0 Å². The highest BCUT2D eigenvalue weighted by Crippen LogP contribution is 2.16. The van der Waals surface area contributed by atoms with Crippen LogP contribution in [0.2, 0.25) is 0 Å². The van der Waals surface area contributed by atoms with E-state index in [-0.39, 0.29) is 18.3 Å². The summed E-state index contributed by atoms with van der Waals surface area (Å²) < 4.78 is 14.2. The number of benzene rings is 1. The third-order valence-corrected chi connectivity index (χ3v) is 3.52. The molecule has 0 radical (unpaired) electrons. The van der Waals surface area contributed by atoms with Crippen molar-refractivity contribution in [1.82, 2.24) is 10.3 Å². The van der Waals surface area contributed by atoms with E-state index in [0.29, 0.717) is 20.0 Å². The van der Waals surface area contributed by atoms with E-state index in [1.165, 1.54) is 12.3 Å². The van der Waals surface area contributed by atoms with Crippen LogP contribution in [0.1, 0.15) is 15.2 Å². The zero-order chi connectivity index (χ0) is 13.1. The Bertz CT molecular complexity index is 587. The zero-order valence-corrected chi connectivity index (χ0v) is 11.5. The molecule has 0 aliphatic carbocycles. The van der Waals surface area contributed by atoms with Crippen LogP contribution in [-0.4, -0.2) is 10.9 Å². The van der Waals surface area contributed by atoms with Crippen molar-refractivity contribution in [3.05, 3.63) is 45.1 Å². The second-order valence-corrected chi connectivity index (χ2v) is 5.46. The predicted molar refractivity (Wildman–Crippen MR) is 71.8 cm³/mol. The first-order valence-electron chi connectivity index (χ1n) is 4.99. The van der Waals surface area contributed by atoms with E-state index in [4.69, 9.17) is 5.73 Å². The van der Waals surface area contributed by atoms with Crippen molar-refractivity contribution >= 4 is 38.3 Å². The molecule has 0 saturated heterocycles. The number of nitrogen functional groups attached to an aromatic ring is 1. The first-order chi connectivity index (χ1) is 8.56. The van der Waals surface area contributed by atoms with E-state index >= 15 is 0 Å². The fourth-order valence-corrected chi connectivity index (χ4v) is 2.25. The largest absolute Gasteiger partial charge is 0.375 e. The van der Waals surface area contributed by atoms with Gasteiger partial charge in [-0.2, -0.15) is 0 Å². The molecule has 18 heavy (non-hydrogen) atoms. The Hall–Kier alpha value is -1.47. The van der Waals surface area contributed by atoms with Gasteiger partial charge in [0.2, 0.25) is 0 Å². The molecular formula is C11H9BrFN3OS. The van der Waals surface area contributed by atoms with Crippen molar-refractivity contribution in [2.24, 2.45) is 0 Å². The summed E-state index contributed by atoms with van der Waals surface area (Å²) in [5, 5.41) is 2.94. The van der Waals surface area contributed by atoms with E-state index in [2.05, 4.69) is 26.2 Å². The summed E-state index contributed by atoms with van der Waals surface area (Å²) in [6.45, 7) is 0.121. The lowest BCUT2D eigenvalue weighted by Crippen LogP contribution is -2.22. The molecule has 0 unspecified atom stereocenters. The number of nitrogens with two attached hydrogens (primary N) is 1. The molecule has 1 aromatic carbocycles. The van der Waals surface area contributed by atoms with Gasteiger partial charge < -0.3 is 11.1 Å². The lowest BCUT2D eigenvalue weighted by molar-refractivity contribution is 0.0954. The molecule has 0 atom stereocenters. The number of hydrogen-bond donors (Lipinski definition) is 2. The number of carbonyl (C=O) groups is 1. The zero-order valence-electron chi connectivity index (χ0n) is 9.11. The Morgan fingerprint density at radius 2 is 2.33 bits per heavy atom. The number of nitrogens with one attached hydrogen (secondary N) is 1. The Morgan fingerprint density at radius 1 is 1.56 bits per heavy atom. The van der Waals surface area contributed by atoms with Gasteiger partial charge in [-0.3, -0.25) is 4.79 Å². The standard InChI is InChI=1S/C11H9BrFN3OS/c12-7-2-1-6(8(13)3-7)4-15-10(17)9-5-16-11(14)18-9/h1-3,5H,4H2,(H2,14,16)(H,15,17). The van der Waals surface area contributed by atoms with Crippen molar-refractivity contribution in [1.29, 1.82) is 0 Å². The molecule has 1 amide bonds. The molecule has 2 aromatic rings. The molecule has 94 valence electrons. The SMILES string of the molecule is Nc1ncc(C(=O)NCc2ccc(Br)cc2F)s1. The number of nitrogens with zero attached hydrogens (tertiary/aromatic N) is 1. The van der Waals surface area contributed by atoms with Gasteiger partial charge in [-0.25, -0.2) is 9.37 Å². The number of anilines is 1. The molecule has 0 fully saturated rings. The number of aromatic nitrogens is 1. The van der Waals surface area contributed by atoms with Gasteiger partial charge in [0.15, 0.2) is 5.13 Å². The molecule has 1 aromatic heterocycles. The van der Waals surface area contributed by atoms with E-state index < -0.39 is 0 Å². The van der Waals surface area contributed by atoms with Crippen LogP contribution in [0.4, 0.5) is 9.52 Å². The predicted octanol–water partition coefficient (Wildman–Crippen LogP) is 2.56. The number of halogens is 2. The highest BCUT2D eigenvalue weighted by Gasteiger charge is 2.10. The van der Waals surface area contributed by atoms with Gasteiger partial charge in [0.25, 0.3) is 5.91 Å². The summed E-state index contributed by atoms with van der Waals surface area (Å²) in [5.41, 5.74) is 5.85. The highest BCUT2D eigenvalue weighted by molar-refractivity contribution is 9.10. The number of rotatable bonds is 3. The first-order valence-corrected chi connectivity index (χ1v) is 6.60. The van der Waals surface area contributed by atoms with Gasteiger partial charge in [0.1, 0.15) is 10.7 Å². The van der Waals surface area contributed by atoms with Crippen LogP contribution in [0.5, 0.6) is 0 Å². The lowest BCUT2D eigenvalue weighted by Gasteiger charge is -2.05. The highest BCUT2D eigenvalue weighted by atomic mass is 79.9. The number of hydrogen-bond acceptors (Lipinski definition) is 4. The lowest BCUT2D eigenvalue weighted by atomic mass is 10.2. The molecule has 0 bridgehead atoms. The van der Waals surface area contributed by atoms with Gasteiger partial charge >= 0.3 is 0 Å². The van der Waals surface area contributed by atoms with Gasteiger partial charge in [-0.05, 0) is 12.1 Å².